The molecule has 4 nitrogen and oxygen atoms in total. The fourth-order valence-corrected chi connectivity index (χ4v) is 3.81. The van der Waals surface area contributed by atoms with Crippen LogP contribution in [-0.4, -0.2) is 41.3 Å². The van der Waals surface area contributed by atoms with Crippen molar-refractivity contribution in [3.8, 4) is 5.75 Å². The zero-order valence-electron chi connectivity index (χ0n) is 15.9. The third kappa shape index (κ3) is 4.48. The van der Waals surface area contributed by atoms with Crippen LogP contribution in [0.15, 0.2) is 48.5 Å². The van der Waals surface area contributed by atoms with Crippen LogP contribution in [-0.2, 0) is 12.7 Å². The molecule has 0 bridgehead atoms. The Morgan fingerprint density at radius 2 is 1.89 bits per heavy atom. The molecule has 0 heterocycles. The Balaban J connectivity index is 1.70. The summed E-state index contributed by atoms with van der Waals surface area (Å²) in [6.07, 6.45) is -5.65. The van der Waals surface area contributed by atoms with E-state index in [0.29, 0.717) is 13.0 Å². The highest BCUT2D eigenvalue weighted by molar-refractivity contribution is 5.31. The Kier molecular flexibility index (Phi) is 5.98. The zero-order chi connectivity index (χ0) is 20.5. The van der Waals surface area contributed by atoms with Crippen LogP contribution in [0.2, 0.25) is 0 Å². The summed E-state index contributed by atoms with van der Waals surface area (Å²) in [4.78, 5) is 1.98. The van der Waals surface area contributed by atoms with Crippen molar-refractivity contribution in [2.75, 3.05) is 7.05 Å². The van der Waals surface area contributed by atoms with Crippen molar-refractivity contribution < 1.29 is 23.0 Å². The lowest BCUT2D eigenvalue weighted by Gasteiger charge is -2.31. The van der Waals surface area contributed by atoms with Gasteiger partial charge in [-0.1, -0.05) is 30.3 Å². The maximum Gasteiger partial charge on any atom is 0.416 e. The Hall–Kier alpha value is -2.09. The summed E-state index contributed by atoms with van der Waals surface area (Å²) in [5.74, 6) is 0.0771. The number of hydrogen-bond acceptors (Lipinski definition) is 4. The van der Waals surface area contributed by atoms with E-state index in [2.05, 4.69) is 0 Å². The first kappa shape index (κ1) is 20.6. The first-order chi connectivity index (χ1) is 13.2. The molecule has 28 heavy (non-hydrogen) atoms. The smallest absolute Gasteiger partial charge is 0.416 e. The molecule has 0 aliphatic heterocycles. The van der Waals surface area contributed by atoms with Crippen molar-refractivity contribution in [2.45, 2.75) is 50.4 Å². The molecule has 152 valence electrons. The molecule has 1 aliphatic rings. The number of halogens is 3. The molecule has 2 aromatic carbocycles. The van der Waals surface area contributed by atoms with E-state index in [-0.39, 0.29) is 17.8 Å². The van der Waals surface area contributed by atoms with Gasteiger partial charge in [0.05, 0.1) is 11.6 Å². The number of likely N-dealkylation sites (N-methyl/N-ethyl adjacent to an activating group) is 1. The van der Waals surface area contributed by atoms with Gasteiger partial charge in [-0.15, -0.1) is 0 Å². The fourth-order valence-electron chi connectivity index (χ4n) is 3.81. The second kappa shape index (κ2) is 8.11. The van der Waals surface area contributed by atoms with Crippen LogP contribution < -0.4 is 10.5 Å². The third-order valence-corrected chi connectivity index (χ3v) is 5.31. The summed E-state index contributed by atoms with van der Waals surface area (Å²) in [5.41, 5.74) is 7.74. The lowest BCUT2D eigenvalue weighted by atomic mass is 10.1. The molecule has 4 atom stereocenters. The standard InChI is InChI=1S/C21H25F3N2O2/c1-13-6-3-4-7-14(13)12-26(2)19-17(25)11-18(20(19)27)28-16-9-5-8-15(10-16)21(22,23)24/h3-10,17-20,27H,11-12,25H2,1-2H3/t17-,18-,19+,20+/m1/s1. The molecule has 3 rings (SSSR count). The van der Waals surface area contributed by atoms with Crippen molar-refractivity contribution in [3.63, 3.8) is 0 Å². The van der Waals surface area contributed by atoms with Crippen LogP contribution in [0.3, 0.4) is 0 Å². The number of aryl methyl sites for hydroxylation is 1. The normalized spacial score (nSPS) is 25.3. The minimum absolute atomic E-state index is 0.0771. The molecular formula is C21H25F3N2O2. The summed E-state index contributed by atoms with van der Waals surface area (Å²) in [6, 6.07) is 12.0. The first-order valence-electron chi connectivity index (χ1n) is 9.19. The molecule has 1 saturated carbocycles. The zero-order valence-corrected chi connectivity index (χ0v) is 15.9. The van der Waals surface area contributed by atoms with Gasteiger partial charge in [-0.2, -0.15) is 13.2 Å². The number of alkyl halides is 3. The summed E-state index contributed by atoms with van der Waals surface area (Å²) in [6.45, 7) is 2.63. The molecule has 1 aliphatic carbocycles. The van der Waals surface area contributed by atoms with Gasteiger partial charge < -0.3 is 15.6 Å². The molecule has 7 heteroatoms. The summed E-state index contributed by atoms with van der Waals surface area (Å²) < 4.78 is 44.4. The van der Waals surface area contributed by atoms with E-state index >= 15 is 0 Å². The highest BCUT2D eigenvalue weighted by Gasteiger charge is 2.44. The Labute approximate surface area is 162 Å². The van der Waals surface area contributed by atoms with Crippen LogP contribution in [0, 0.1) is 6.92 Å². The van der Waals surface area contributed by atoms with E-state index in [1.54, 1.807) is 0 Å². The number of rotatable bonds is 5. The predicted octanol–water partition coefficient (Wildman–Crippen LogP) is 3.35. The number of nitrogens with zero attached hydrogens (tertiary/aromatic N) is 1. The molecule has 0 aromatic heterocycles. The Morgan fingerprint density at radius 1 is 1.18 bits per heavy atom. The molecular weight excluding hydrogens is 369 g/mol. The lowest BCUT2D eigenvalue weighted by molar-refractivity contribution is -0.137. The van der Waals surface area contributed by atoms with Crippen molar-refractivity contribution >= 4 is 0 Å². The van der Waals surface area contributed by atoms with Gasteiger partial charge in [-0.25, -0.2) is 0 Å². The average Bonchev–Trinajstić information content (AvgIpc) is 2.90. The second-order valence-electron chi connectivity index (χ2n) is 7.40. The fraction of sp³-hybridized carbons (Fsp3) is 0.429. The molecule has 0 saturated heterocycles. The van der Waals surface area contributed by atoms with Crippen molar-refractivity contribution in [1.82, 2.24) is 4.90 Å². The van der Waals surface area contributed by atoms with Crippen LogP contribution in [0.4, 0.5) is 13.2 Å². The van der Waals surface area contributed by atoms with Crippen molar-refractivity contribution in [3.05, 3.63) is 65.2 Å². The summed E-state index contributed by atoms with van der Waals surface area (Å²) in [7, 11) is 1.88. The quantitative estimate of drug-likeness (QED) is 0.817. The monoisotopic (exact) mass is 394 g/mol. The number of nitrogens with two attached hydrogens (primary N) is 1. The van der Waals surface area contributed by atoms with E-state index < -0.39 is 23.9 Å². The van der Waals surface area contributed by atoms with Gasteiger partial charge in [0.15, 0.2) is 0 Å². The number of aliphatic hydroxyl groups excluding tert-OH is 1. The van der Waals surface area contributed by atoms with Crippen LogP contribution in [0.25, 0.3) is 0 Å². The molecule has 0 spiro atoms. The van der Waals surface area contributed by atoms with Gasteiger partial charge in [0, 0.05) is 19.0 Å². The molecule has 0 amide bonds. The highest BCUT2D eigenvalue weighted by atomic mass is 19.4. The number of aliphatic hydroxyl groups is 1. The van der Waals surface area contributed by atoms with Gasteiger partial charge in [0.1, 0.15) is 18.0 Å². The topological polar surface area (TPSA) is 58.7 Å². The lowest BCUT2D eigenvalue weighted by Crippen LogP contribution is -2.48. The van der Waals surface area contributed by atoms with Crippen molar-refractivity contribution in [1.29, 1.82) is 0 Å². The minimum Gasteiger partial charge on any atom is -0.488 e. The highest BCUT2D eigenvalue weighted by Crippen LogP contribution is 2.33. The summed E-state index contributed by atoms with van der Waals surface area (Å²) >= 11 is 0. The van der Waals surface area contributed by atoms with Gasteiger partial charge >= 0.3 is 6.18 Å². The second-order valence-corrected chi connectivity index (χ2v) is 7.40. The van der Waals surface area contributed by atoms with Gasteiger partial charge in [0.25, 0.3) is 0 Å². The maximum absolute atomic E-state index is 12.9. The van der Waals surface area contributed by atoms with Gasteiger partial charge in [0.2, 0.25) is 0 Å². The molecule has 2 aromatic rings. The third-order valence-electron chi connectivity index (χ3n) is 5.31. The molecule has 1 fully saturated rings. The molecule has 0 unspecified atom stereocenters. The SMILES string of the molecule is Cc1ccccc1CN(C)[C@@H]1[C@@H](O)[C@H](Oc2cccc(C(F)(F)F)c2)C[C@H]1N. The maximum atomic E-state index is 12.9. The van der Waals surface area contributed by atoms with E-state index in [0.717, 1.165) is 23.3 Å². The van der Waals surface area contributed by atoms with E-state index in [1.807, 2.05) is 43.1 Å². The van der Waals surface area contributed by atoms with Crippen molar-refractivity contribution in [2.24, 2.45) is 5.73 Å². The molecule has 3 N–H and O–H groups in total. The van der Waals surface area contributed by atoms with Gasteiger partial charge in [-0.3, -0.25) is 4.90 Å². The number of ether oxygens (including phenoxy) is 1. The van der Waals surface area contributed by atoms with E-state index in [4.69, 9.17) is 10.5 Å². The number of benzene rings is 2. The minimum atomic E-state index is -4.44. The van der Waals surface area contributed by atoms with Crippen LogP contribution >= 0.6 is 0 Å². The Morgan fingerprint density at radius 3 is 2.57 bits per heavy atom. The Bertz CT molecular complexity index is 812. The largest absolute Gasteiger partial charge is 0.488 e. The number of hydrogen-bond donors (Lipinski definition) is 2. The summed E-state index contributed by atoms with van der Waals surface area (Å²) in [5, 5.41) is 10.8. The van der Waals surface area contributed by atoms with E-state index in [9.17, 15) is 18.3 Å². The average molecular weight is 394 g/mol. The molecule has 0 radical (unpaired) electrons. The van der Waals surface area contributed by atoms with Gasteiger partial charge in [-0.05, 0) is 43.3 Å². The van der Waals surface area contributed by atoms with Crippen LogP contribution in [0.5, 0.6) is 5.75 Å². The van der Waals surface area contributed by atoms with E-state index in [1.165, 1.54) is 12.1 Å². The first-order valence-corrected chi connectivity index (χ1v) is 9.19. The predicted molar refractivity (Wildman–Crippen MR) is 101 cm³/mol. The van der Waals surface area contributed by atoms with Crippen LogP contribution in [0.1, 0.15) is 23.1 Å².